The topological polar surface area (TPSA) is 55.1 Å². The van der Waals surface area contributed by atoms with Crippen LogP contribution in [0.1, 0.15) is 16.2 Å². The van der Waals surface area contributed by atoms with Crippen molar-refractivity contribution in [3.8, 4) is 0 Å². The minimum Gasteiger partial charge on any atom is -0.351 e. The normalized spacial score (nSPS) is 10.3. The third kappa shape index (κ3) is 2.71. The van der Waals surface area contributed by atoms with E-state index in [1.807, 2.05) is 0 Å². The highest BCUT2D eigenvalue weighted by atomic mass is 79.9. The zero-order chi connectivity index (χ0) is 12.4. The van der Waals surface area contributed by atoms with E-state index in [1.54, 1.807) is 6.92 Å². The average Bonchev–Trinajstić information content (AvgIpc) is 2.69. The minimum atomic E-state index is -0.432. The van der Waals surface area contributed by atoms with Crippen LogP contribution in [-0.4, -0.2) is 11.1 Å². The first kappa shape index (κ1) is 11.8. The maximum absolute atomic E-state index is 12.8. The number of hydrogen-bond acceptors (Lipinski definition) is 3. The number of amides is 1. The highest BCUT2D eigenvalue weighted by molar-refractivity contribution is 9.10. The molecule has 1 aromatic heterocycles. The van der Waals surface area contributed by atoms with E-state index in [-0.39, 0.29) is 11.6 Å². The predicted octanol–water partition coefficient (Wildman–Crippen LogP) is 3.14. The van der Waals surface area contributed by atoms with E-state index in [2.05, 4.69) is 26.4 Å². The molecule has 0 fully saturated rings. The largest absolute Gasteiger partial charge is 0.351 e. The first-order valence-electron chi connectivity index (χ1n) is 4.76. The monoisotopic (exact) mass is 298 g/mol. The second-order valence-electron chi connectivity index (χ2n) is 3.41. The summed E-state index contributed by atoms with van der Waals surface area (Å²) in [5.74, 6) is -0.706. The van der Waals surface area contributed by atoms with Crippen LogP contribution >= 0.6 is 15.9 Å². The number of carbonyl (C=O) groups is 1. The summed E-state index contributed by atoms with van der Waals surface area (Å²) in [4.78, 5) is 11.7. The van der Waals surface area contributed by atoms with Gasteiger partial charge in [-0.1, -0.05) is 5.16 Å². The third-order valence-corrected chi connectivity index (χ3v) is 2.69. The zero-order valence-corrected chi connectivity index (χ0v) is 10.4. The number of carbonyl (C=O) groups excluding carboxylic acids is 1. The van der Waals surface area contributed by atoms with E-state index in [4.69, 9.17) is 4.52 Å². The van der Waals surface area contributed by atoms with Gasteiger partial charge in [0.1, 0.15) is 5.82 Å². The van der Waals surface area contributed by atoms with Crippen molar-refractivity contribution in [1.82, 2.24) is 5.16 Å². The van der Waals surface area contributed by atoms with Crippen molar-refractivity contribution in [3.63, 3.8) is 0 Å². The number of hydrogen-bond donors (Lipinski definition) is 1. The molecule has 0 saturated carbocycles. The summed E-state index contributed by atoms with van der Waals surface area (Å²) < 4.78 is 18.1. The lowest BCUT2D eigenvalue weighted by atomic mass is 10.3. The van der Waals surface area contributed by atoms with Crippen LogP contribution in [0.4, 0.5) is 10.1 Å². The molecule has 0 radical (unpaired) electrons. The molecule has 1 N–H and O–H groups in total. The Morgan fingerprint density at radius 2 is 2.24 bits per heavy atom. The number of rotatable bonds is 2. The summed E-state index contributed by atoms with van der Waals surface area (Å²) in [6.45, 7) is 1.72. The van der Waals surface area contributed by atoms with E-state index >= 15 is 0 Å². The smallest absolute Gasteiger partial charge is 0.294 e. The average molecular weight is 299 g/mol. The zero-order valence-electron chi connectivity index (χ0n) is 8.83. The first-order chi connectivity index (χ1) is 8.06. The van der Waals surface area contributed by atoms with Gasteiger partial charge in [-0.15, -0.1) is 0 Å². The molecule has 0 aliphatic heterocycles. The second kappa shape index (κ2) is 4.67. The molecule has 4 nitrogen and oxygen atoms in total. The molecule has 0 aliphatic carbocycles. The van der Waals surface area contributed by atoms with Gasteiger partial charge < -0.3 is 9.84 Å². The molecule has 2 aromatic rings. The fourth-order valence-electron chi connectivity index (χ4n) is 1.25. The Morgan fingerprint density at radius 1 is 1.47 bits per heavy atom. The molecule has 0 aliphatic rings. The van der Waals surface area contributed by atoms with Crippen molar-refractivity contribution in [2.45, 2.75) is 6.92 Å². The van der Waals surface area contributed by atoms with E-state index in [9.17, 15) is 9.18 Å². The maximum Gasteiger partial charge on any atom is 0.294 e. The molecule has 88 valence electrons. The van der Waals surface area contributed by atoms with Crippen LogP contribution in [-0.2, 0) is 0 Å². The van der Waals surface area contributed by atoms with Crippen molar-refractivity contribution in [2.75, 3.05) is 5.32 Å². The summed E-state index contributed by atoms with van der Waals surface area (Å²) >= 11 is 3.15. The van der Waals surface area contributed by atoms with E-state index in [0.717, 1.165) is 0 Å². The van der Waals surface area contributed by atoms with E-state index in [1.165, 1.54) is 24.3 Å². The molecular weight excluding hydrogens is 291 g/mol. The Morgan fingerprint density at radius 3 is 2.82 bits per heavy atom. The molecule has 2 rings (SSSR count). The second-order valence-corrected chi connectivity index (χ2v) is 4.27. The van der Waals surface area contributed by atoms with Gasteiger partial charge in [0.25, 0.3) is 5.91 Å². The summed E-state index contributed by atoms with van der Waals surface area (Å²) in [5, 5.41) is 6.19. The predicted molar refractivity (Wildman–Crippen MR) is 63.3 cm³/mol. The van der Waals surface area contributed by atoms with Crippen LogP contribution in [0.15, 0.2) is 33.3 Å². The SMILES string of the molecule is Cc1cc(C(=O)Nc2ccc(F)cc2Br)on1. The minimum absolute atomic E-state index is 0.110. The Hall–Kier alpha value is -1.69. The first-order valence-corrected chi connectivity index (χ1v) is 5.55. The number of halogens is 2. The summed E-state index contributed by atoms with van der Waals surface area (Å²) in [5.41, 5.74) is 1.08. The number of nitrogens with one attached hydrogen (secondary N) is 1. The van der Waals surface area contributed by atoms with Crippen molar-refractivity contribution >= 4 is 27.5 Å². The lowest BCUT2D eigenvalue weighted by molar-refractivity contribution is 0.0988. The number of nitrogens with zero attached hydrogens (tertiary/aromatic N) is 1. The third-order valence-electron chi connectivity index (χ3n) is 2.03. The van der Waals surface area contributed by atoms with Gasteiger partial charge in [-0.3, -0.25) is 4.79 Å². The maximum atomic E-state index is 12.8. The van der Waals surface area contributed by atoms with Crippen molar-refractivity contribution in [1.29, 1.82) is 0 Å². The number of aromatic nitrogens is 1. The quantitative estimate of drug-likeness (QED) is 0.927. The molecule has 0 spiro atoms. The Bertz CT molecular complexity index is 568. The van der Waals surface area contributed by atoms with Crippen LogP contribution < -0.4 is 5.32 Å². The molecule has 6 heteroatoms. The van der Waals surface area contributed by atoms with Gasteiger partial charge in [0.15, 0.2) is 0 Å². The van der Waals surface area contributed by atoms with Gasteiger partial charge in [0, 0.05) is 10.5 Å². The van der Waals surface area contributed by atoms with Gasteiger partial charge in [-0.2, -0.15) is 0 Å². The standard InChI is InChI=1S/C11H8BrFN2O2/c1-6-4-10(17-15-6)11(16)14-9-3-2-7(13)5-8(9)12/h2-5H,1H3,(H,14,16). The van der Waals surface area contributed by atoms with E-state index in [0.29, 0.717) is 15.9 Å². The Labute approximate surface area is 105 Å². The van der Waals surface area contributed by atoms with Crippen LogP contribution in [0, 0.1) is 12.7 Å². The van der Waals surface area contributed by atoms with Gasteiger partial charge in [0.05, 0.1) is 11.4 Å². The van der Waals surface area contributed by atoms with Crippen molar-refractivity contribution in [3.05, 3.63) is 46.0 Å². The molecule has 0 atom stereocenters. The molecule has 17 heavy (non-hydrogen) atoms. The van der Waals surface area contributed by atoms with Crippen LogP contribution in [0.3, 0.4) is 0 Å². The molecular formula is C11H8BrFN2O2. The highest BCUT2D eigenvalue weighted by Gasteiger charge is 2.13. The number of benzene rings is 1. The molecule has 0 unspecified atom stereocenters. The summed E-state index contributed by atoms with van der Waals surface area (Å²) in [6.07, 6.45) is 0. The lowest BCUT2D eigenvalue weighted by Gasteiger charge is -2.04. The number of aryl methyl sites for hydroxylation is 1. The van der Waals surface area contributed by atoms with Gasteiger partial charge in [0.2, 0.25) is 5.76 Å². The Balaban J connectivity index is 2.18. The lowest BCUT2D eigenvalue weighted by Crippen LogP contribution is -2.11. The molecule has 0 saturated heterocycles. The van der Waals surface area contributed by atoms with Gasteiger partial charge in [-0.05, 0) is 41.1 Å². The molecule has 1 amide bonds. The summed E-state index contributed by atoms with van der Waals surface area (Å²) in [6, 6.07) is 5.50. The van der Waals surface area contributed by atoms with Crippen LogP contribution in [0.2, 0.25) is 0 Å². The molecule has 0 bridgehead atoms. The fourth-order valence-corrected chi connectivity index (χ4v) is 1.70. The van der Waals surface area contributed by atoms with Gasteiger partial charge in [-0.25, -0.2) is 4.39 Å². The number of anilines is 1. The molecule has 1 heterocycles. The van der Waals surface area contributed by atoms with E-state index < -0.39 is 5.91 Å². The van der Waals surface area contributed by atoms with Crippen LogP contribution in [0.25, 0.3) is 0 Å². The fraction of sp³-hybridized carbons (Fsp3) is 0.0909. The van der Waals surface area contributed by atoms with Crippen molar-refractivity contribution in [2.24, 2.45) is 0 Å². The van der Waals surface area contributed by atoms with Crippen molar-refractivity contribution < 1.29 is 13.7 Å². The Kier molecular flexibility index (Phi) is 3.23. The van der Waals surface area contributed by atoms with Crippen LogP contribution in [0.5, 0.6) is 0 Å². The molecule has 1 aromatic carbocycles. The van der Waals surface area contributed by atoms with Gasteiger partial charge >= 0.3 is 0 Å². The summed E-state index contributed by atoms with van der Waals surface area (Å²) in [7, 11) is 0. The highest BCUT2D eigenvalue weighted by Crippen LogP contribution is 2.23.